The summed E-state index contributed by atoms with van der Waals surface area (Å²) in [5.41, 5.74) is -0.206. The first kappa shape index (κ1) is 12.3. The van der Waals surface area contributed by atoms with Gasteiger partial charge in [0.15, 0.2) is 0 Å². The summed E-state index contributed by atoms with van der Waals surface area (Å²) in [6.45, 7) is 0. The molecule has 4 nitrogen and oxygen atoms in total. The number of rotatable bonds is 3. The Morgan fingerprint density at radius 3 is 2.67 bits per heavy atom. The molecule has 0 aliphatic heterocycles. The predicted octanol–water partition coefficient (Wildman–Crippen LogP) is 2.84. The van der Waals surface area contributed by atoms with Gasteiger partial charge in [-0.2, -0.15) is 0 Å². The van der Waals surface area contributed by atoms with Crippen molar-refractivity contribution in [3.05, 3.63) is 52.0 Å². The summed E-state index contributed by atoms with van der Waals surface area (Å²) in [5.74, 6) is -2.30. The van der Waals surface area contributed by atoms with E-state index in [9.17, 15) is 14.0 Å². The number of hydrogen-bond donors (Lipinski definition) is 2. The van der Waals surface area contributed by atoms with Crippen molar-refractivity contribution in [3.63, 3.8) is 0 Å². The topological polar surface area (TPSA) is 66.4 Å². The van der Waals surface area contributed by atoms with Gasteiger partial charge in [0.2, 0.25) is 0 Å². The Bertz CT molecular complexity index is 595. The fourth-order valence-corrected chi connectivity index (χ4v) is 2.02. The average molecular weight is 265 g/mol. The van der Waals surface area contributed by atoms with Gasteiger partial charge in [0.25, 0.3) is 5.91 Å². The molecule has 0 bridgehead atoms. The Balaban J connectivity index is 2.31. The highest BCUT2D eigenvalue weighted by Crippen LogP contribution is 2.19. The lowest BCUT2D eigenvalue weighted by Crippen LogP contribution is -2.13. The van der Waals surface area contributed by atoms with E-state index in [-0.39, 0.29) is 11.3 Å². The van der Waals surface area contributed by atoms with Crippen molar-refractivity contribution in [3.8, 4) is 0 Å². The minimum atomic E-state index is -1.23. The van der Waals surface area contributed by atoms with Crippen LogP contribution >= 0.6 is 11.3 Å². The SMILES string of the molecule is O=C(Nc1cc(F)ccc1C(=O)O)c1cccs1. The van der Waals surface area contributed by atoms with Gasteiger partial charge in [-0.1, -0.05) is 6.07 Å². The van der Waals surface area contributed by atoms with E-state index in [1.807, 2.05) is 0 Å². The van der Waals surface area contributed by atoms with Crippen molar-refractivity contribution in [2.75, 3.05) is 5.32 Å². The van der Waals surface area contributed by atoms with Gasteiger partial charge in [-0.15, -0.1) is 11.3 Å². The van der Waals surface area contributed by atoms with Gasteiger partial charge in [-0.3, -0.25) is 4.79 Å². The van der Waals surface area contributed by atoms with Crippen LogP contribution in [0.15, 0.2) is 35.7 Å². The zero-order valence-electron chi connectivity index (χ0n) is 9.01. The van der Waals surface area contributed by atoms with Crippen molar-refractivity contribution < 1.29 is 19.1 Å². The maximum absolute atomic E-state index is 13.1. The molecule has 92 valence electrons. The quantitative estimate of drug-likeness (QED) is 0.896. The van der Waals surface area contributed by atoms with Crippen LogP contribution in [0.5, 0.6) is 0 Å². The molecule has 0 saturated carbocycles. The van der Waals surface area contributed by atoms with E-state index in [0.29, 0.717) is 4.88 Å². The molecule has 1 amide bonds. The van der Waals surface area contributed by atoms with Crippen LogP contribution in [-0.2, 0) is 0 Å². The Labute approximate surface area is 106 Å². The first-order chi connectivity index (χ1) is 8.58. The van der Waals surface area contributed by atoms with Crippen molar-refractivity contribution in [2.45, 2.75) is 0 Å². The molecule has 0 saturated heterocycles. The number of halogens is 1. The molecule has 2 rings (SSSR count). The molecule has 18 heavy (non-hydrogen) atoms. The first-order valence-electron chi connectivity index (χ1n) is 4.95. The molecular formula is C12H8FNO3S. The number of amides is 1. The smallest absolute Gasteiger partial charge is 0.337 e. The Morgan fingerprint density at radius 2 is 2.06 bits per heavy atom. The van der Waals surface area contributed by atoms with Gasteiger partial charge in [0.1, 0.15) is 5.82 Å². The third-order valence-electron chi connectivity index (χ3n) is 2.21. The van der Waals surface area contributed by atoms with Crippen LogP contribution < -0.4 is 5.32 Å². The third kappa shape index (κ3) is 2.54. The molecule has 1 aromatic heterocycles. The van der Waals surface area contributed by atoms with Crippen LogP contribution in [0.2, 0.25) is 0 Å². The van der Waals surface area contributed by atoms with Crippen molar-refractivity contribution in [1.82, 2.24) is 0 Å². The van der Waals surface area contributed by atoms with E-state index < -0.39 is 17.7 Å². The number of hydrogen-bond acceptors (Lipinski definition) is 3. The average Bonchev–Trinajstić information content (AvgIpc) is 2.81. The van der Waals surface area contributed by atoms with Gasteiger partial charge in [0, 0.05) is 0 Å². The monoisotopic (exact) mass is 265 g/mol. The van der Waals surface area contributed by atoms with Gasteiger partial charge in [-0.25, -0.2) is 9.18 Å². The second-order valence-electron chi connectivity index (χ2n) is 3.43. The lowest BCUT2D eigenvalue weighted by molar-refractivity contribution is 0.0698. The number of aromatic carboxylic acids is 1. The number of carboxylic acid groups (broad SMARTS) is 1. The van der Waals surface area contributed by atoms with Crippen LogP contribution in [0, 0.1) is 5.82 Å². The fourth-order valence-electron chi connectivity index (χ4n) is 1.40. The number of benzene rings is 1. The maximum atomic E-state index is 13.1. The molecule has 0 atom stereocenters. The van der Waals surface area contributed by atoms with Gasteiger partial charge >= 0.3 is 5.97 Å². The lowest BCUT2D eigenvalue weighted by Gasteiger charge is -2.07. The number of carbonyl (C=O) groups excluding carboxylic acids is 1. The van der Waals surface area contributed by atoms with Crippen molar-refractivity contribution in [1.29, 1.82) is 0 Å². The normalized spacial score (nSPS) is 10.1. The summed E-state index contributed by atoms with van der Waals surface area (Å²) in [6, 6.07) is 6.42. The summed E-state index contributed by atoms with van der Waals surface area (Å²) in [5, 5.41) is 13.0. The number of carboxylic acids is 1. The molecule has 2 aromatic rings. The lowest BCUT2D eigenvalue weighted by atomic mass is 10.1. The number of carbonyl (C=O) groups is 2. The Morgan fingerprint density at radius 1 is 1.28 bits per heavy atom. The molecule has 0 unspecified atom stereocenters. The summed E-state index contributed by atoms with van der Waals surface area (Å²) >= 11 is 1.22. The van der Waals surface area contributed by atoms with E-state index in [0.717, 1.165) is 18.2 Å². The molecule has 1 aromatic carbocycles. The second-order valence-corrected chi connectivity index (χ2v) is 4.37. The molecule has 2 N–H and O–H groups in total. The second kappa shape index (κ2) is 4.97. The van der Waals surface area contributed by atoms with Gasteiger partial charge in [0.05, 0.1) is 16.1 Å². The van der Waals surface area contributed by atoms with Crippen LogP contribution in [-0.4, -0.2) is 17.0 Å². The molecule has 0 fully saturated rings. The standard InChI is InChI=1S/C12H8FNO3S/c13-7-3-4-8(12(16)17)9(6-7)14-11(15)10-2-1-5-18-10/h1-6H,(H,14,15)(H,16,17). The first-order valence-corrected chi connectivity index (χ1v) is 5.83. The van der Waals surface area contributed by atoms with E-state index in [1.54, 1.807) is 17.5 Å². The van der Waals surface area contributed by atoms with Crippen molar-refractivity contribution in [2.24, 2.45) is 0 Å². The van der Waals surface area contributed by atoms with E-state index >= 15 is 0 Å². The third-order valence-corrected chi connectivity index (χ3v) is 3.07. The molecule has 1 heterocycles. The summed E-state index contributed by atoms with van der Waals surface area (Å²) in [6.07, 6.45) is 0. The summed E-state index contributed by atoms with van der Waals surface area (Å²) in [7, 11) is 0. The van der Waals surface area contributed by atoms with E-state index in [1.165, 1.54) is 11.3 Å². The van der Waals surface area contributed by atoms with Crippen LogP contribution in [0.3, 0.4) is 0 Å². The highest BCUT2D eigenvalue weighted by molar-refractivity contribution is 7.12. The van der Waals surface area contributed by atoms with Crippen molar-refractivity contribution >= 4 is 28.9 Å². The van der Waals surface area contributed by atoms with Crippen LogP contribution in [0.1, 0.15) is 20.0 Å². The Kier molecular flexibility index (Phi) is 3.38. The van der Waals surface area contributed by atoms with Gasteiger partial charge in [-0.05, 0) is 29.6 Å². The fraction of sp³-hybridized carbons (Fsp3) is 0. The van der Waals surface area contributed by atoms with Crippen LogP contribution in [0.4, 0.5) is 10.1 Å². The number of nitrogens with one attached hydrogen (secondary N) is 1. The molecule has 0 aliphatic rings. The molecule has 0 aliphatic carbocycles. The maximum Gasteiger partial charge on any atom is 0.337 e. The van der Waals surface area contributed by atoms with E-state index in [2.05, 4.69) is 5.32 Å². The van der Waals surface area contributed by atoms with E-state index in [4.69, 9.17) is 5.11 Å². The van der Waals surface area contributed by atoms with Gasteiger partial charge < -0.3 is 10.4 Å². The highest BCUT2D eigenvalue weighted by Gasteiger charge is 2.14. The molecule has 0 spiro atoms. The zero-order valence-corrected chi connectivity index (χ0v) is 9.83. The highest BCUT2D eigenvalue weighted by atomic mass is 32.1. The zero-order chi connectivity index (χ0) is 13.1. The summed E-state index contributed by atoms with van der Waals surface area (Å²) < 4.78 is 13.1. The molecule has 0 radical (unpaired) electrons. The Hall–Kier alpha value is -2.21. The molecular weight excluding hydrogens is 257 g/mol. The largest absolute Gasteiger partial charge is 0.478 e. The molecule has 6 heteroatoms. The minimum Gasteiger partial charge on any atom is -0.478 e. The summed E-state index contributed by atoms with van der Waals surface area (Å²) in [4.78, 5) is 23.1. The number of thiophene rings is 1. The number of anilines is 1. The minimum absolute atomic E-state index is 0.0547. The van der Waals surface area contributed by atoms with Crippen LogP contribution in [0.25, 0.3) is 0 Å². The predicted molar refractivity (Wildman–Crippen MR) is 65.6 cm³/mol.